The largest absolute Gasteiger partial charge is 0.325 e. The van der Waals surface area contributed by atoms with E-state index in [4.69, 9.17) is 0 Å². The minimum atomic E-state index is -0.383. The Bertz CT molecular complexity index is 649. The Labute approximate surface area is 138 Å². The maximum absolute atomic E-state index is 13.0. The van der Waals surface area contributed by atoms with Crippen LogP contribution in [0.2, 0.25) is 0 Å². The molecule has 0 aromatic heterocycles. The average Bonchev–Trinajstić information content (AvgIpc) is 2.49. The highest BCUT2D eigenvalue weighted by Crippen LogP contribution is 2.17. The molecule has 0 unspecified atom stereocenters. The number of anilines is 1. The van der Waals surface area contributed by atoms with Crippen LogP contribution in [0, 0.1) is 11.6 Å². The summed E-state index contributed by atoms with van der Waals surface area (Å²) in [6.45, 7) is 0.930. The molecule has 2 rings (SSSR count). The smallest absolute Gasteiger partial charge is 0.238 e. The van der Waals surface area contributed by atoms with E-state index in [2.05, 4.69) is 5.32 Å². The van der Waals surface area contributed by atoms with Gasteiger partial charge in [-0.05, 0) is 49.5 Å². The van der Waals surface area contributed by atoms with Gasteiger partial charge in [0.15, 0.2) is 0 Å². The van der Waals surface area contributed by atoms with Crippen molar-refractivity contribution in [3.63, 3.8) is 0 Å². The third-order valence-corrected chi connectivity index (χ3v) is 4.07. The first-order valence-corrected chi connectivity index (χ1v) is 8.14. The predicted molar refractivity (Wildman–Crippen MR) is 89.7 cm³/mol. The zero-order valence-electron chi connectivity index (χ0n) is 12.8. The van der Waals surface area contributed by atoms with Crippen LogP contribution in [0.25, 0.3) is 0 Å². The molecule has 0 aliphatic carbocycles. The molecule has 0 aliphatic heterocycles. The summed E-state index contributed by atoms with van der Waals surface area (Å²) in [6.07, 6.45) is 0. The summed E-state index contributed by atoms with van der Waals surface area (Å²) in [7, 11) is 1.84. The van der Waals surface area contributed by atoms with Crippen molar-refractivity contribution in [2.75, 3.05) is 31.2 Å². The lowest BCUT2D eigenvalue weighted by Gasteiger charge is -2.16. The van der Waals surface area contributed by atoms with E-state index in [1.807, 2.05) is 11.9 Å². The Kier molecular flexibility index (Phi) is 6.55. The molecule has 1 N–H and O–H groups in total. The number of rotatable bonds is 7. The number of likely N-dealkylation sites (N-methyl/N-ethyl adjacent to an activating group) is 1. The third-order valence-electron chi connectivity index (χ3n) is 3.08. The summed E-state index contributed by atoms with van der Waals surface area (Å²) in [4.78, 5) is 14.8. The minimum absolute atomic E-state index is 0.190. The molecule has 3 nitrogen and oxygen atoms in total. The number of carbonyl (C=O) groups excluding carboxylic acids is 1. The van der Waals surface area contributed by atoms with E-state index in [-0.39, 0.29) is 24.1 Å². The van der Waals surface area contributed by atoms with Crippen molar-refractivity contribution in [1.29, 1.82) is 0 Å². The van der Waals surface area contributed by atoms with Crippen molar-refractivity contribution < 1.29 is 13.6 Å². The van der Waals surface area contributed by atoms with Gasteiger partial charge in [0.2, 0.25) is 5.91 Å². The average molecular weight is 336 g/mol. The molecule has 2 aromatic carbocycles. The highest BCUT2D eigenvalue weighted by molar-refractivity contribution is 7.99. The van der Waals surface area contributed by atoms with Crippen molar-refractivity contribution in [2.24, 2.45) is 0 Å². The molecule has 0 saturated carbocycles. The summed E-state index contributed by atoms with van der Waals surface area (Å²) in [6, 6.07) is 12.1. The number of hydrogen-bond acceptors (Lipinski definition) is 3. The van der Waals surface area contributed by atoms with E-state index in [0.717, 1.165) is 10.6 Å². The number of nitrogens with zero attached hydrogens (tertiary/aromatic N) is 1. The van der Waals surface area contributed by atoms with Crippen LogP contribution in [-0.2, 0) is 4.79 Å². The van der Waals surface area contributed by atoms with Crippen molar-refractivity contribution in [1.82, 2.24) is 4.90 Å². The number of carbonyl (C=O) groups is 1. The lowest BCUT2D eigenvalue weighted by Crippen LogP contribution is -2.31. The zero-order valence-corrected chi connectivity index (χ0v) is 13.6. The van der Waals surface area contributed by atoms with Gasteiger partial charge in [-0.25, -0.2) is 8.78 Å². The number of benzene rings is 2. The van der Waals surface area contributed by atoms with E-state index >= 15 is 0 Å². The molecule has 0 saturated heterocycles. The van der Waals surface area contributed by atoms with Gasteiger partial charge in [0, 0.05) is 22.9 Å². The maximum Gasteiger partial charge on any atom is 0.238 e. The summed E-state index contributed by atoms with van der Waals surface area (Å²) >= 11 is 1.60. The quantitative estimate of drug-likeness (QED) is 0.784. The maximum atomic E-state index is 13.0. The van der Waals surface area contributed by atoms with E-state index in [0.29, 0.717) is 12.2 Å². The molecule has 6 heteroatoms. The van der Waals surface area contributed by atoms with E-state index in [1.165, 1.54) is 24.3 Å². The SMILES string of the molecule is CN(CCSc1ccc(F)cc1)CC(=O)Nc1cccc(F)c1. The first kappa shape index (κ1) is 17.4. The number of halogens is 2. The molecule has 0 heterocycles. The highest BCUT2D eigenvalue weighted by atomic mass is 32.2. The summed E-state index contributed by atoms with van der Waals surface area (Å²) in [5, 5.41) is 2.66. The number of amides is 1. The normalized spacial score (nSPS) is 10.8. The van der Waals surface area contributed by atoms with Crippen LogP contribution in [0.3, 0.4) is 0 Å². The molecule has 0 radical (unpaired) electrons. The molecule has 2 aromatic rings. The van der Waals surface area contributed by atoms with Gasteiger partial charge in [-0.15, -0.1) is 11.8 Å². The van der Waals surface area contributed by atoms with Crippen LogP contribution in [-0.4, -0.2) is 36.7 Å². The first-order valence-electron chi connectivity index (χ1n) is 7.15. The molecule has 0 atom stereocenters. The molecule has 0 spiro atoms. The number of hydrogen-bond donors (Lipinski definition) is 1. The summed E-state index contributed by atoms with van der Waals surface area (Å²) < 4.78 is 25.8. The van der Waals surface area contributed by atoms with Gasteiger partial charge in [0.05, 0.1) is 6.54 Å². The molecule has 122 valence electrons. The summed E-state index contributed by atoms with van der Waals surface area (Å²) in [5.74, 6) is -0.0349. The lowest BCUT2D eigenvalue weighted by atomic mass is 10.3. The molecule has 23 heavy (non-hydrogen) atoms. The molecule has 0 aliphatic rings. The van der Waals surface area contributed by atoms with Gasteiger partial charge >= 0.3 is 0 Å². The van der Waals surface area contributed by atoms with Crippen LogP contribution in [0.5, 0.6) is 0 Å². The van der Waals surface area contributed by atoms with Crippen molar-refractivity contribution >= 4 is 23.4 Å². The van der Waals surface area contributed by atoms with Gasteiger partial charge in [0.25, 0.3) is 0 Å². The van der Waals surface area contributed by atoms with Crippen LogP contribution in [0.1, 0.15) is 0 Å². The van der Waals surface area contributed by atoms with Crippen LogP contribution in [0.4, 0.5) is 14.5 Å². The topological polar surface area (TPSA) is 32.3 Å². The first-order chi connectivity index (χ1) is 11.0. The van der Waals surface area contributed by atoms with E-state index < -0.39 is 0 Å². The second kappa shape index (κ2) is 8.64. The number of nitrogens with one attached hydrogen (secondary N) is 1. The van der Waals surface area contributed by atoms with Crippen LogP contribution < -0.4 is 5.32 Å². The monoisotopic (exact) mass is 336 g/mol. The Hall–Kier alpha value is -1.92. The van der Waals surface area contributed by atoms with Gasteiger partial charge in [0.1, 0.15) is 11.6 Å². The van der Waals surface area contributed by atoms with Crippen LogP contribution >= 0.6 is 11.8 Å². The predicted octanol–water partition coefficient (Wildman–Crippen LogP) is 3.63. The van der Waals surface area contributed by atoms with Crippen molar-refractivity contribution in [3.05, 3.63) is 60.2 Å². The minimum Gasteiger partial charge on any atom is -0.325 e. The Morgan fingerprint density at radius 3 is 2.57 bits per heavy atom. The Balaban J connectivity index is 1.70. The second-order valence-electron chi connectivity index (χ2n) is 5.10. The third kappa shape index (κ3) is 6.38. The Morgan fingerprint density at radius 1 is 1.13 bits per heavy atom. The molecular formula is C17H18F2N2OS. The zero-order chi connectivity index (χ0) is 16.7. The fourth-order valence-corrected chi connectivity index (χ4v) is 2.91. The van der Waals surface area contributed by atoms with Crippen molar-refractivity contribution in [3.8, 4) is 0 Å². The van der Waals surface area contributed by atoms with Crippen molar-refractivity contribution in [2.45, 2.75) is 4.90 Å². The van der Waals surface area contributed by atoms with E-state index in [1.54, 1.807) is 36.0 Å². The van der Waals surface area contributed by atoms with Gasteiger partial charge < -0.3 is 5.32 Å². The standard InChI is InChI=1S/C17H18F2N2OS/c1-21(9-10-23-16-7-5-13(18)6-8-16)12-17(22)20-15-4-2-3-14(19)11-15/h2-8,11H,9-10,12H2,1H3,(H,20,22). The highest BCUT2D eigenvalue weighted by Gasteiger charge is 2.07. The summed E-state index contributed by atoms with van der Waals surface area (Å²) in [5.41, 5.74) is 0.448. The molecule has 0 bridgehead atoms. The molecule has 0 fully saturated rings. The fraction of sp³-hybridized carbons (Fsp3) is 0.235. The van der Waals surface area contributed by atoms with E-state index in [9.17, 15) is 13.6 Å². The van der Waals surface area contributed by atoms with Crippen LogP contribution in [0.15, 0.2) is 53.4 Å². The van der Waals surface area contributed by atoms with Gasteiger partial charge in [-0.1, -0.05) is 6.07 Å². The Morgan fingerprint density at radius 2 is 1.87 bits per heavy atom. The number of thioether (sulfide) groups is 1. The van der Waals surface area contributed by atoms with Gasteiger partial charge in [-0.3, -0.25) is 9.69 Å². The lowest BCUT2D eigenvalue weighted by molar-refractivity contribution is -0.117. The molecule has 1 amide bonds. The fourth-order valence-electron chi connectivity index (χ4n) is 1.94. The van der Waals surface area contributed by atoms with Gasteiger partial charge in [-0.2, -0.15) is 0 Å². The second-order valence-corrected chi connectivity index (χ2v) is 6.27. The molecular weight excluding hydrogens is 318 g/mol.